The predicted molar refractivity (Wildman–Crippen MR) is 102 cm³/mol. The first-order chi connectivity index (χ1) is 12.2. The van der Waals surface area contributed by atoms with E-state index in [0.717, 1.165) is 34.4 Å². The molecule has 2 aromatic carbocycles. The van der Waals surface area contributed by atoms with Crippen molar-refractivity contribution in [1.82, 2.24) is 9.97 Å². The summed E-state index contributed by atoms with van der Waals surface area (Å²) < 4.78 is 0. The second kappa shape index (κ2) is 7.94. The van der Waals surface area contributed by atoms with E-state index in [4.69, 9.17) is 11.6 Å². The Labute approximate surface area is 151 Å². The molecule has 0 atom stereocenters. The average molecular weight is 355 g/mol. The fourth-order valence-electron chi connectivity index (χ4n) is 2.57. The molecule has 128 valence electrons. The van der Waals surface area contributed by atoms with Gasteiger partial charge in [0.05, 0.1) is 5.52 Å². The number of hydrogen-bond donors (Lipinski definition) is 2. The zero-order valence-corrected chi connectivity index (χ0v) is 14.7. The lowest BCUT2D eigenvalue weighted by Gasteiger charge is -2.10. The van der Waals surface area contributed by atoms with Gasteiger partial charge in [0.15, 0.2) is 0 Å². The molecule has 0 saturated carbocycles. The highest BCUT2D eigenvalue weighted by Crippen LogP contribution is 2.23. The third-order valence-corrected chi connectivity index (χ3v) is 3.98. The minimum Gasteiger partial charge on any atom is -0.365 e. The first-order valence-electron chi connectivity index (χ1n) is 8.18. The van der Waals surface area contributed by atoms with Gasteiger partial charge in [-0.1, -0.05) is 30.7 Å². The van der Waals surface area contributed by atoms with Crippen LogP contribution in [0.2, 0.25) is 5.02 Å². The third kappa shape index (κ3) is 4.45. The lowest BCUT2D eigenvalue weighted by atomic mass is 10.2. The lowest BCUT2D eigenvalue weighted by molar-refractivity contribution is -0.116. The highest BCUT2D eigenvalue weighted by molar-refractivity contribution is 6.31. The molecule has 0 aliphatic rings. The summed E-state index contributed by atoms with van der Waals surface area (Å²) in [6.45, 7) is 2.57. The largest absolute Gasteiger partial charge is 0.365 e. The first-order valence-corrected chi connectivity index (χ1v) is 8.56. The summed E-state index contributed by atoms with van der Waals surface area (Å²) in [5.41, 5.74) is 2.65. The number of carbonyl (C=O) groups excluding carboxylic acids is 1. The van der Waals surface area contributed by atoms with E-state index < -0.39 is 0 Å². The maximum absolute atomic E-state index is 11.7. The number of halogens is 1. The molecule has 0 fully saturated rings. The minimum atomic E-state index is 0.0336. The molecular formula is C19H19ClN4O. The predicted octanol–water partition coefficient (Wildman–Crippen LogP) is 4.63. The van der Waals surface area contributed by atoms with Crippen LogP contribution in [0, 0.1) is 0 Å². The Balaban J connectivity index is 1.73. The fourth-order valence-corrected chi connectivity index (χ4v) is 2.73. The van der Waals surface area contributed by atoms with Gasteiger partial charge in [-0.25, -0.2) is 9.97 Å². The Morgan fingerprint density at radius 1 is 1.16 bits per heavy atom. The van der Waals surface area contributed by atoms with E-state index in [2.05, 4.69) is 20.6 Å². The summed E-state index contributed by atoms with van der Waals surface area (Å²) in [5, 5.41) is 7.79. The zero-order valence-electron chi connectivity index (χ0n) is 13.9. The van der Waals surface area contributed by atoms with Crippen molar-refractivity contribution in [3.63, 3.8) is 0 Å². The Bertz CT molecular complexity index is 897. The molecule has 5 nitrogen and oxygen atoms in total. The number of anilines is 2. The Hall–Kier alpha value is -2.66. The standard InChI is InChI=1S/C19H19ClN4O/c1-2-4-18(25)24-15-6-3-5-13(9-15)11-21-19-16-8-7-14(20)10-17(16)22-12-23-19/h3,5-10,12H,2,4,11H2,1H3,(H,24,25)(H,21,22,23). The maximum atomic E-state index is 11.7. The van der Waals surface area contributed by atoms with Gasteiger partial charge < -0.3 is 10.6 Å². The minimum absolute atomic E-state index is 0.0336. The molecule has 0 radical (unpaired) electrons. The van der Waals surface area contributed by atoms with Crippen LogP contribution in [0.15, 0.2) is 48.8 Å². The van der Waals surface area contributed by atoms with Crippen molar-refractivity contribution in [2.24, 2.45) is 0 Å². The molecule has 0 spiro atoms. The molecule has 2 N–H and O–H groups in total. The molecular weight excluding hydrogens is 336 g/mol. The van der Waals surface area contributed by atoms with Gasteiger partial charge in [-0.05, 0) is 42.3 Å². The molecule has 3 rings (SSSR count). The van der Waals surface area contributed by atoms with E-state index in [1.807, 2.05) is 49.4 Å². The summed E-state index contributed by atoms with van der Waals surface area (Å²) in [6.07, 6.45) is 2.87. The van der Waals surface area contributed by atoms with Gasteiger partial charge in [-0.2, -0.15) is 0 Å². The SMILES string of the molecule is CCCC(=O)Nc1cccc(CNc2ncnc3cc(Cl)ccc23)c1. The van der Waals surface area contributed by atoms with Crippen LogP contribution >= 0.6 is 11.6 Å². The van der Waals surface area contributed by atoms with E-state index in [-0.39, 0.29) is 5.91 Å². The van der Waals surface area contributed by atoms with Crippen LogP contribution in [-0.2, 0) is 11.3 Å². The maximum Gasteiger partial charge on any atom is 0.224 e. The molecule has 0 aliphatic heterocycles. The van der Waals surface area contributed by atoms with Crippen molar-refractivity contribution in [2.75, 3.05) is 10.6 Å². The molecule has 0 bridgehead atoms. The van der Waals surface area contributed by atoms with Crippen LogP contribution in [0.3, 0.4) is 0 Å². The molecule has 3 aromatic rings. The highest BCUT2D eigenvalue weighted by atomic mass is 35.5. The molecule has 1 heterocycles. The molecule has 1 aromatic heterocycles. The Kier molecular flexibility index (Phi) is 5.46. The van der Waals surface area contributed by atoms with E-state index >= 15 is 0 Å². The number of fused-ring (bicyclic) bond motifs is 1. The van der Waals surface area contributed by atoms with Crippen molar-refractivity contribution >= 4 is 39.9 Å². The normalized spacial score (nSPS) is 10.6. The smallest absolute Gasteiger partial charge is 0.224 e. The quantitative estimate of drug-likeness (QED) is 0.677. The van der Waals surface area contributed by atoms with Gasteiger partial charge in [0.25, 0.3) is 0 Å². The van der Waals surface area contributed by atoms with Crippen LogP contribution in [0.5, 0.6) is 0 Å². The third-order valence-electron chi connectivity index (χ3n) is 3.75. The molecule has 0 unspecified atom stereocenters. The van der Waals surface area contributed by atoms with Gasteiger partial charge in [-0.15, -0.1) is 0 Å². The van der Waals surface area contributed by atoms with Crippen LogP contribution < -0.4 is 10.6 Å². The second-order valence-corrected chi connectivity index (χ2v) is 6.17. The van der Waals surface area contributed by atoms with Crippen molar-refractivity contribution in [3.8, 4) is 0 Å². The van der Waals surface area contributed by atoms with Gasteiger partial charge in [0.2, 0.25) is 5.91 Å². The average Bonchev–Trinajstić information content (AvgIpc) is 2.60. The van der Waals surface area contributed by atoms with Crippen LogP contribution in [0.1, 0.15) is 25.3 Å². The molecule has 25 heavy (non-hydrogen) atoms. The number of rotatable bonds is 6. The summed E-state index contributed by atoms with van der Waals surface area (Å²) in [7, 11) is 0. The summed E-state index contributed by atoms with van der Waals surface area (Å²) in [6, 6.07) is 13.3. The monoisotopic (exact) mass is 354 g/mol. The Morgan fingerprint density at radius 2 is 2.04 bits per heavy atom. The number of hydrogen-bond acceptors (Lipinski definition) is 4. The first kappa shape index (κ1) is 17.2. The second-order valence-electron chi connectivity index (χ2n) is 5.74. The zero-order chi connectivity index (χ0) is 17.6. The summed E-state index contributed by atoms with van der Waals surface area (Å²) >= 11 is 6.01. The fraction of sp³-hybridized carbons (Fsp3) is 0.211. The van der Waals surface area contributed by atoms with Gasteiger partial charge >= 0.3 is 0 Å². The summed E-state index contributed by atoms with van der Waals surface area (Å²) in [4.78, 5) is 20.3. The number of carbonyl (C=O) groups is 1. The molecule has 0 aliphatic carbocycles. The van der Waals surface area contributed by atoms with Gasteiger partial charge in [0, 0.05) is 29.1 Å². The van der Waals surface area contributed by atoms with Crippen molar-refractivity contribution in [1.29, 1.82) is 0 Å². The number of benzene rings is 2. The van der Waals surface area contributed by atoms with E-state index in [1.54, 1.807) is 0 Å². The Morgan fingerprint density at radius 3 is 2.88 bits per heavy atom. The van der Waals surface area contributed by atoms with Crippen molar-refractivity contribution in [3.05, 3.63) is 59.4 Å². The molecule has 0 saturated heterocycles. The number of aromatic nitrogens is 2. The number of nitrogens with one attached hydrogen (secondary N) is 2. The van der Waals surface area contributed by atoms with E-state index in [0.29, 0.717) is 18.0 Å². The van der Waals surface area contributed by atoms with Crippen LogP contribution in [0.25, 0.3) is 10.9 Å². The molecule has 6 heteroatoms. The van der Waals surface area contributed by atoms with Crippen molar-refractivity contribution < 1.29 is 4.79 Å². The lowest BCUT2D eigenvalue weighted by Crippen LogP contribution is -2.11. The van der Waals surface area contributed by atoms with Crippen LogP contribution in [-0.4, -0.2) is 15.9 Å². The van der Waals surface area contributed by atoms with Gasteiger partial charge in [-0.3, -0.25) is 4.79 Å². The van der Waals surface area contributed by atoms with Crippen LogP contribution in [0.4, 0.5) is 11.5 Å². The highest BCUT2D eigenvalue weighted by Gasteiger charge is 2.05. The molecule has 1 amide bonds. The topological polar surface area (TPSA) is 66.9 Å². The van der Waals surface area contributed by atoms with Crippen molar-refractivity contribution in [2.45, 2.75) is 26.3 Å². The number of nitrogens with zero attached hydrogens (tertiary/aromatic N) is 2. The van der Waals surface area contributed by atoms with E-state index in [9.17, 15) is 4.79 Å². The van der Waals surface area contributed by atoms with E-state index in [1.165, 1.54) is 6.33 Å². The summed E-state index contributed by atoms with van der Waals surface area (Å²) in [5.74, 6) is 0.786. The number of amides is 1. The van der Waals surface area contributed by atoms with Gasteiger partial charge in [0.1, 0.15) is 12.1 Å².